The second-order valence-corrected chi connectivity index (χ2v) is 11.4. The average molecular weight is 489 g/mol. The van der Waals surface area contributed by atoms with E-state index in [0.717, 1.165) is 51.4 Å². The number of sulfone groups is 1. The van der Waals surface area contributed by atoms with E-state index >= 15 is 0 Å². The quantitative estimate of drug-likeness (QED) is 0.379. The molecule has 3 aromatic heterocycles. The third-order valence-corrected chi connectivity index (χ3v) is 8.10. The summed E-state index contributed by atoms with van der Waals surface area (Å²) in [6.07, 6.45) is 7.26. The fourth-order valence-corrected chi connectivity index (χ4v) is 5.94. The van der Waals surface area contributed by atoms with Gasteiger partial charge in [-0.05, 0) is 37.5 Å². The minimum absolute atomic E-state index is 0.276. The fraction of sp³-hybridized carbons (Fsp3) is 0.333. The first kappa shape index (κ1) is 22.6. The Bertz CT molecular complexity index is 1350. The van der Waals surface area contributed by atoms with Crippen LogP contribution in [0.2, 0.25) is 0 Å². The summed E-state index contributed by atoms with van der Waals surface area (Å²) in [5, 5.41) is 13.9. The molecule has 0 radical (unpaired) electrons. The summed E-state index contributed by atoms with van der Waals surface area (Å²) in [4.78, 5) is 10.3. The van der Waals surface area contributed by atoms with Crippen LogP contribution in [0.15, 0.2) is 35.5 Å². The van der Waals surface area contributed by atoms with Gasteiger partial charge >= 0.3 is 0 Å². The maximum absolute atomic E-state index is 12.5. The van der Waals surface area contributed by atoms with Crippen molar-refractivity contribution in [1.82, 2.24) is 24.7 Å². The number of aryl methyl sites for hydroxylation is 3. The standard InChI is InChI=1S/C21H24N6O2S3/c1-5-7-17-22-10-11-27(17)15-12-14(8-9-16(15)32(4,28)29)19-13(3)23-20(31-19)24-21-26-25-18(6-2)30-21/h8-12H,5-7H2,1-4H3,(H,23,24,26). The SMILES string of the molecule is CCCc1nccn1-c1cc(-c2sc(Nc3nnc(CC)s3)nc2C)ccc1S(C)(=O)=O. The van der Waals surface area contributed by atoms with Crippen molar-refractivity contribution >= 4 is 42.8 Å². The number of rotatable bonds is 8. The Labute approximate surface area is 195 Å². The number of anilines is 2. The van der Waals surface area contributed by atoms with Crippen molar-refractivity contribution in [3.05, 3.63) is 47.1 Å². The summed E-state index contributed by atoms with van der Waals surface area (Å²) in [5.74, 6) is 0.834. The first-order valence-corrected chi connectivity index (χ1v) is 13.8. The summed E-state index contributed by atoms with van der Waals surface area (Å²) in [5.41, 5.74) is 2.36. The first-order chi connectivity index (χ1) is 15.3. The summed E-state index contributed by atoms with van der Waals surface area (Å²) in [7, 11) is -3.42. The van der Waals surface area contributed by atoms with Crippen LogP contribution in [0.25, 0.3) is 16.1 Å². The highest BCUT2D eigenvalue weighted by atomic mass is 32.2. The second-order valence-electron chi connectivity index (χ2n) is 7.33. The van der Waals surface area contributed by atoms with Crippen molar-refractivity contribution in [3.8, 4) is 16.1 Å². The molecule has 1 aromatic carbocycles. The first-order valence-electron chi connectivity index (χ1n) is 10.2. The lowest BCUT2D eigenvalue weighted by Crippen LogP contribution is -2.08. The van der Waals surface area contributed by atoms with Gasteiger partial charge in [0.05, 0.1) is 21.2 Å². The van der Waals surface area contributed by atoms with Gasteiger partial charge in [0.2, 0.25) is 5.13 Å². The molecule has 0 fully saturated rings. The molecule has 0 saturated heterocycles. The molecule has 0 atom stereocenters. The topological polar surface area (TPSA) is 103 Å². The molecule has 32 heavy (non-hydrogen) atoms. The van der Waals surface area contributed by atoms with Gasteiger partial charge < -0.3 is 9.88 Å². The van der Waals surface area contributed by atoms with Crippen molar-refractivity contribution in [3.63, 3.8) is 0 Å². The van der Waals surface area contributed by atoms with Gasteiger partial charge in [-0.2, -0.15) is 0 Å². The number of thiazole rings is 1. The molecule has 0 aliphatic heterocycles. The number of hydrogen-bond acceptors (Lipinski definition) is 9. The number of nitrogens with zero attached hydrogens (tertiary/aromatic N) is 5. The number of aromatic nitrogens is 5. The Morgan fingerprint density at radius 3 is 2.62 bits per heavy atom. The molecule has 11 heteroatoms. The highest BCUT2D eigenvalue weighted by Gasteiger charge is 2.20. The van der Waals surface area contributed by atoms with Gasteiger partial charge in [0.25, 0.3) is 0 Å². The van der Waals surface area contributed by atoms with Crippen molar-refractivity contribution in [2.75, 3.05) is 11.6 Å². The highest BCUT2D eigenvalue weighted by Crippen LogP contribution is 2.37. The fourth-order valence-electron chi connectivity index (χ4n) is 3.38. The van der Waals surface area contributed by atoms with Gasteiger partial charge in [-0.25, -0.2) is 18.4 Å². The molecule has 0 amide bonds. The van der Waals surface area contributed by atoms with E-state index in [2.05, 4.69) is 32.4 Å². The van der Waals surface area contributed by atoms with Crippen LogP contribution < -0.4 is 5.32 Å². The summed E-state index contributed by atoms with van der Waals surface area (Å²) in [6.45, 7) is 6.06. The number of imidazole rings is 1. The number of nitrogens with one attached hydrogen (secondary N) is 1. The third kappa shape index (κ3) is 4.59. The molecule has 168 valence electrons. The highest BCUT2D eigenvalue weighted by molar-refractivity contribution is 7.90. The van der Waals surface area contributed by atoms with Crippen molar-refractivity contribution in [1.29, 1.82) is 0 Å². The van der Waals surface area contributed by atoms with Gasteiger partial charge in [0.1, 0.15) is 10.8 Å². The summed E-state index contributed by atoms with van der Waals surface area (Å²) < 4.78 is 26.9. The zero-order valence-electron chi connectivity index (χ0n) is 18.3. The largest absolute Gasteiger partial charge is 0.306 e. The summed E-state index contributed by atoms with van der Waals surface area (Å²) in [6, 6.07) is 5.41. The molecule has 1 N–H and O–H groups in total. The van der Waals surface area contributed by atoms with E-state index in [-0.39, 0.29) is 4.90 Å². The molecule has 0 spiro atoms. The Kier molecular flexibility index (Phi) is 6.40. The maximum atomic E-state index is 12.5. The smallest absolute Gasteiger partial charge is 0.211 e. The predicted octanol–water partition coefficient (Wildman–Crippen LogP) is 4.82. The molecule has 0 unspecified atom stereocenters. The molecular formula is C21H24N6O2S3. The lowest BCUT2D eigenvalue weighted by Gasteiger charge is -2.13. The Balaban J connectivity index is 1.76. The molecule has 3 heterocycles. The van der Waals surface area contributed by atoms with E-state index in [9.17, 15) is 8.42 Å². The average Bonchev–Trinajstić information content (AvgIpc) is 3.47. The van der Waals surface area contributed by atoms with Crippen LogP contribution in [0.5, 0.6) is 0 Å². The molecule has 0 bridgehead atoms. The van der Waals surface area contributed by atoms with Crippen LogP contribution >= 0.6 is 22.7 Å². The van der Waals surface area contributed by atoms with Gasteiger partial charge in [-0.3, -0.25) is 0 Å². The van der Waals surface area contributed by atoms with Gasteiger partial charge in [-0.1, -0.05) is 42.6 Å². The Hall–Kier alpha value is -2.63. The zero-order chi connectivity index (χ0) is 22.9. The monoisotopic (exact) mass is 488 g/mol. The second kappa shape index (κ2) is 9.08. The zero-order valence-corrected chi connectivity index (χ0v) is 20.7. The Morgan fingerprint density at radius 2 is 1.94 bits per heavy atom. The minimum atomic E-state index is -3.42. The molecule has 8 nitrogen and oxygen atoms in total. The van der Waals surface area contributed by atoms with E-state index in [4.69, 9.17) is 0 Å². The van der Waals surface area contributed by atoms with Crippen LogP contribution in [0, 0.1) is 6.92 Å². The maximum Gasteiger partial charge on any atom is 0.211 e. The molecule has 4 rings (SSSR count). The lowest BCUT2D eigenvalue weighted by molar-refractivity contribution is 0.601. The lowest BCUT2D eigenvalue weighted by atomic mass is 10.1. The van der Waals surface area contributed by atoms with Crippen molar-refractivity contribution in [2.45, 2.75) is 44.9 Å². The van der Waals surface area contributed by atoms with Gasteiger partial charge in [0, 0.05) is 25.1 Å². The van der Waals surface area contributed by atoms with Crippen LogP contribution in [-0.4, -0.2) is 39.4 Å². The minimum Gasteiger partial charge on any atom is -0.306 e. The number of benzene rings is 1. The molecular weight excluding hydrogens is 464 g/mol. The van der Waals surface area contributed by atoms with Crippen LogP contribution in [0.3, 0.4) is 0 Å². The van der Waals surface area contributed by atoms with E-state index in [1.165, 1.54) is 28.9 Å². The van der Waals surface area contributed by atoms with Gasteiger partial charge in [-0.15, -0.1) is 10.2 Å². The van der Waals surface area contributed by atoms with E-state index in [1.807, 2.05) is 36.7 Å². The molecule has 0 saturated carbocycles. The third-order valence-electron chi connectivity index (χ3n) is 4.85. The molecule has 0 aliphatic carbocycles. The molecule has 4 aromatic rings. The van der Waals surface area contributed by atoms with Crippen molar-refractivity contribution < 1.29 is 8.42 Å². The van der Waals surface area contributed by atoms with Crippen molar-refractivity contribution in [2.24, 2.45) is 0 Å². The van der Waals surface area contributed by atoms with E-state index in [1.54, 1.807) is 12.3 Å². The molecule has 0 aliphatic rings. The van der Waals surface area contributed by atoms with E-state index in [0.29, 0.717) is 10.8 Å². The van der Waals surface area contributed by atoms with Gasteiger partial charge in [0.15, 0.2) is 15.0 Å². The van der Waals surface area contributed by atoms with Crippen LogP contribution in [0.4, 0.5) is 10.3 Å². The normalized spacial score (nSPS) is 11.8. The van der Waals surface area contributed by atoms with Crippen LogP contribution in [0.1, 0.15) is 36.8 Å². The predicted molar refractivity (Wildman–Crippen MR) is 129 cm³/mol. The summed E-state index contributed by atoms with van der Waals surface area (Å²) >= 11 is 3.01. The van der Waals surface area contributed by atoms with Crippen LogP contribution in [-0.2, 0) is 22.7 Å². The number of hydrogen-bond donors (Lipinski definition) is 1. The Morgan fingerprint density at radius 1 is 1.12 bits per heavy atom. The van der Waals surface area contributed by atoms with E-state index < -0.39 is 9.84 Å².